The first kappa shape index (κ1) is 20.9. The Morgan fingerprint density at radius 1 is 1.29 bits per heavy atom. The van der Waals surface area contributed by atoms with Gasteiger partial charge in [-0.15, -0.1) is 24.0 Å². The van der Waals surface area contributed by atoms with E-state index in [1.54, 1.807) is 0 Å². The van der Waals surface area contributed by atoms with Gasteiger partial charge in [-0.05, 0) is 40.0 Å². The van der Waals surface area contributed by atoms with Gasteiger partial charge in [0.1, 0.15) is 0 Å². The van der Waals surface area contributed by atoms with Crippen LogP contribution in [0, 0.1) is 0 Å². The van der Waals surface area contributed by atoms with Gasteiger partial charge in [-0.3, -0.25) is 9.89 Å². The van der Waals surface area contributed by atoms with Crippen molar-refractivity contribution >= 4 is 29.9 Å². The van der Waals surface area contributed by atoms with Crippen LogP contribution in [0.3, 0.4) is 0 Å². The van der Waals surface area contributed by atoms with E-state index >= 15 is 0 Å². The Morgan fingerprint density at radius 3 is 2.48 bits per heavy atom. The maximum absolute atomic E-state index is 5.31. The summed E-state index contributed by atoms with van der Waals surface area (Å²) >= 11 is 0. The smallest absolute Gasteiger partial charge is 0.191 e. The summed E-state index contributed by atoms with van der Waals surface area (Å²) in [6.45, 7) is 11.1. The maximum atomic E-state index is 5.31. The fourth-order valence-corrected chi connectivity index (χ4v) is 2.32. The first-order valence-electron chi connectivity index (χ1n) is 7.97. The number of hydrogen-bond acceptors (Lipinski definition) is 3. The summed E-state index contributed by atoms with van der Waals surface area (Å²) in [5.41, 5.74) is 0. The van der Waals surface area contributed by atoms with E-state index in [9.17, 15) is 0 Å². The van der Waals surface area contributed by atoms with Crippen LogP contribution in [-0.2, 0) is 4.74 Å². The lowest BCUT2D eigenvalue weighted by atomic mass is 10.3. The van der Waals surface area contributed by atoms with Gasteiger partial charge in [-0.25, -0.2) is 0 Å². The van der Waals surface area contributed by atoms with Gasteiger partial charge in [-0.2, -0.15) is 0 Å². The molecule has 0 atom stereocenters. The monoisotopic (exact) mass is 412 g/mol. The van der Waals surface area contributed by atoms with Gasteiger partial charge in [0.2, 0.25) is 0 Å². The third-order valence-corrected chi connectivity index (χ3v) is 3.53. The molecule has 1 saturated carbocycles. The molecular weight excluding hydrogens is 379 g/mol. The minimum atomic E-state index is 0. The molecule has 21 heavy (non-hydrogen) atoms. The molecule has 0 unspecified atom stereocenters. The molecule has 5 nitrogen and oxygen atoms in total. The van der Waals surface area contributed by atoms with Crippen molar-refractivity contribution in [2.24, 2.45) is 4.99 Å². The Balaban J connectivity index is 0.00000400. The molecule has 0 heterocycles. The number of nitrogens with one attached hydrogen (secondary N) is 2. The summed E-state index contributed by atoms with van der Waals surface area (Å²) in [6, 6.07) is 1.45. The van der Waals surface area contributed by atoms with Crippen molar-refractivity contribution in [3.63, 3.8) is 0 Å². The molecule has 6 heteroatoms. The van der Waals surface area contributed by atoms with Crippen LogP contribution in [0.25, 0.3) is 0 Å². The van der Waals surface area contributed by atoms with Crippen LogP contribution in [0.1, 0.15) is 40.0 Å². The van der Waals surface area contributed by atoms with Gasteiger partial charge in [-0.1, -0.05) is 0 Å². The van der Waals surface area contributed by atoms with Crippen LogP contribution in [0.5, 0.6) is 0 Å². The van der Waals surface area contributed by atoms with Crippen LogP contribution >= 0.6 is 24.0 Å². The van der Waals surface area contributed by atoms with Gasteiger partial charge < -0.3 is 15.4 Å². The molecule has 0 saturated heterocycles. The maximum Gasteiger partial charge on any atom is 0.191 e. The van der Waals surface area contributed by atoms with Crippen molar-refractivity contribution in [2.75, 3.05) is 39.9 Å². The highest BCUT2D eigenvalue weighted by molar-refractivity contribution is 14.0. The number of ether oxygens (including phenoxy) is 1. The molecule has 2 N–H and O–H groups in total. The van der Waals surface area contributed by atoms with Crippen molar-refractivity contribution < 1.29 is 4.74 Å². The molecular formula is C15H33IN4O. The Bertz CT molecular complexity index is 281. The molecule has 1 rings (SSSR count). The third kappa shape index (κ3) is 9.52. The first-order valence-corrected chi connectivity index (χ1v) is 7.97. The van der Waals surface area contributed by atoms with Crippen molar-refractivity contribution in [3.05, 3.63) is 0 Å². The Hall–Kier alpha value is -0.0800. The minimum Gasteiger partial charge on any atom is -0.382 e. The number of guanidine groups is 1. The molecule has 0 aliphatic heterocycles. The topological polar surface area (TPSA) is 48.9 Å². The Kier molecular flexibility index (Phi) is 12.4. The summed E-state index contributed by atoms with van der Waals surface area (Å²) in [7, 11) is 1.82. The van der Waals surface area contributed by atoms with E-state index in [4.69, 9.17) is 4.74 Å². The molecule has 0 aromatic heterocycles. The number of hydrogen-bond donors (Lipinski definition) is 2. The molecule has 0 aromatic carbocycles. The number of rotatable bonds is 10. The van der Waals surface area contributed by atoms with E-state index < -0.39 is 0 Å². The largest absolute Gasteiger partial charge is 0.382 e. The second-order valence-corrected chi connectivity index (χ2v) is 5.54. The molecule has 126 valence electrons. The SMILES string of the molecule is CCOCCCNC(=NC)NCCN(C(C)C)C1CC1.I. The van der Waals surface area contributed by atoms with Crippen molar-refractivity contribution in [1.29, 1.82) is 0 Å². The quantitative estimate of drug-likeness (QED) is 0.250. The molecule has 0 amide bonds. The number of halogens is 1. The predicted octanol–water partition coefficient (Wildman–Crippen LogP) is 2.07. The van der Waals surface area contributed by atoms with Crippen molar-refractivity contribution in [1.82, 2.24) is 15.5 Å². The molecule has 0 spiro atoms. The lowest BCUT2D eigenvalue weighted by molar-refractivity contribution is 0.145. The second-order valence-electron chi connectivity index (χ2n) is 5.54. The number of aliphatic imine (C=N–C) groups is 1. The molecule has 1 aliphatic carbocycles. The summed E-state index contributed by atoms with van der Waals surface area (Å²) in [5, 5.41) is 6.70. The molecule has 0 radical (unpaired) electrons. The summed E-state index contributed by atoms with van der Waals surface area (Å²) in [5.74, 6) is 0.890. The van der Waals surface area contributed by atoms with Gasteiger partial charge in [0.15, 0.2) is 5.96 Å². The fraction of sp³-hybridized carbons (Fsp3) is 0.933. The zero-order chi connectivity index (χ0) is 14.8. The Labute approximate surface area is 147 Å². The van der Waals surface area contributed by atoms with E-state index in [1.807, 2.05) is 14.0 Å². The van der Waals surface area contributed by atoms with E-state index in [2.05, 4.69) is 34.4 Å². The van der Waals surface area contributed by atoms with Gasteiger partial charge in [0.25, 0.3) is 0 Å². The standard InChI is InChI=1S/C15H32N4O.HI/c1-5-20-12-6-9-17-15(16-4)18-10-11-19(13(2)3)14-7-8-14;/h13-14H,5-12H2,1-4H3,(H2,16,17,18);1H. The van der Waals surface area contributed by atoms with Crippen molar-refractivity contribution in [2.45, 2.75) is 52.1 Å². The van der Waals surface area contributed by atoms with Gasteiger partial charge in [0, 0.05) is 52.0 Å². The van der Waals surface area contributed by atoms with Crippen LogP contribution in [-0.4, -0.2) is 62.8 Å². The lowest BCUT2D eigenvalue weighted by Crippen LogP contribution is -2.44. The molecule has 1 aliphatic rings. The van der Waals surface area contributed by atoms with Gasteiger partial charge >= 0.3 is 0 Å². The summed E-state index contributed by atoms with van der Waals surface area (Å²) < 4.78 is 5.31. The van der Waals surface area contributed by atoms with E-state index in [0.717, 1.165) is 51.3 Å². The van der Waals surface area contributed by atoms with E-state index in [1.165, 1.54) is 12.8 Å². The predicted molar refractivity (Wildman–Crippen MR) is 101 cm³/mol. The minimum absolute atomic E-state index is 0. The molecule has 0 aromatic rings. The third-order valence-electron chi connectivity index (χ3n) is 3.53. The Morgan fingerprint density at radius 2 is 1.95 bits per heavy atom. The van der Waals surface area contributed by atoms with E-state index in [-0.39, 0.29) is 24.0 Å². The number of nitrogens with zero attached hydrogens (tertiary/aromatic N) is 2. The zero-order valence-electron chi connectivity index (χ0n) is 14.0. The van der Waals surface area contributed by atoms with Crippen LogP contribution < -0.4 is 10.6 Å². The van der Waals surface area contributed by atoms with Crippen LogP contribution in [0.2, 0.25) is 0 Å². The normalized spacial score (nSPS) is 15.2. The second kappa shape index (κ2) is 12.5. The summed E-state index contributed by atoms with van der Waals surface area (Å²) in [4.78, 5) is 6.82. The molecule has 1 fully saturated rings. The highest BCUT2D eigenvalue weighted by Gasteiger charge is 2.29. The highest BCUT2D eigenvalue weighted by Crippen LogP contribution is 2.27. The van der Waals surface area contributed by atoms with Crippen LogP contribution in [0.15, 0.2) is 4.99 Å². The molecule has 0 bridgehead atoms. The average molecular weight is 412 g/mol. The zero-order valence-corrected chi connectivity index (χ0v) is 16.4. The summed E-state index contributed by atoms with van der Waals surface area (Å²) in [6.07, 6.45) is 3.74. The fourth-order valence-electron chi connectivity index (χ4n) is 2.32. The van der Waals surface area contributed by atoms with Gasteiger partial charge in [0.05, 0.1) is 0 Å². The highest BCUT2D eigenvalue weighted by atomic mass is 127. The first-order chi connectivity index (χ1) is 9.69. The lowest BCUT2D eigenvalue weighted by Gasteiger charge is -2.26. The van der Waals surface area contributed by atoms with Crippen LogP contribution in [0.4, 0.5) is 0 Å². The van der Waals surface area contributed by atoms with Crippen molar-refractivity contribution in [3.8, 4) is 0 Å². The van der Waals surface area contributed by atoms with E-state index in [0.29, 0.717) is 6.04 Å². The average Bonchev–Trinajstić information content (AvgIpc) is 3.25.